The molecule has 28 heavy (non-hydrogen) atoms. The number of carbonyl (C=O) groups is 2. The maximum Gasteiger partial charge on any atom is 1.00 e. The molecule has 1 saturated heterocycles. The van der Waals surface area contributed by atoms with Crippen LogP contribution in [0.2, 0.25) is 0 Å². The van der Waals surface area contributed by atoms with Gasteiger partial charge in [-0.05, 0) is 34.4 Å². The third-order valence-electron chi connectivity index (χ3n) is 4.06. The zero-order chi connectivity index (χ0) is 19.0. The first kappa shape index (κ1) is 20.5. The number of aromatic nitrogens is 3. The molecule has 1 aromatic heterocycles. The number of nitrogens with zero attached hydrogens (tertiary/aromatic N) is 4. The van der Waals surface area contributed by atoms with Crippen molar-refractivity contribution >= 4 is 29.7 Å². The number of thioether (sulfide) groups is 1. The fourth-order valence-electron chi connectivity index (χ4n) is 2.67. The second kappa shape index (κ2) is 8.39. The van der Waals surface area contributed by atoms with Gasteiger partial charge in [0.05, 0.1) is 30.5 Å². The van der Waals surface area contributed by atoms with Gasteiger partial charge >= 0.3 is 29.6 Å². The molecule has 4 rings (SSSR count). The molecule has 1 atom stereocenters. The van der Waals surface area contributed by atoms with Gasteiger partial charge in [-0.1, -0.05) is 17.0 Å². The van der Waals surface area contributed by atoms with Crippen LogP contribution < -0.4 is 44.2 Å². The van der Waals surface area contributed by atoms with E-state index in [1.54, 1.807) is 19.4 Å². The molecule has 1 fully saturated rings. The summed E-state index contributed by atoms with van der Waals surface area (Å²) in [6.07, 6.45) is 3.11. The molecule has 0 aliphatic carbocycles. The molecule has 2 aliphatic rings. The quantitative estimate of drug-likeness (QED) is 0.280. The zero-order valence-corrected chi connectivity index (χ0v) is 17.9. The normalized spacial score (nSPS) is 18.8. The van der Waals surface area contributed by atoms with Gasteiger partial charge in [0.25, 0.3) is 5.91 Å². The molecule has 0 spiro atoms. The van der Waals surface area contributed by atoms with Gasteiger partial charge in [-0.3, -0.25) is 9.69 Å². The summed E-state index contributed by atoms with van der Waals surface area (Å²) < 4.78 is 5.10. The Kier molecular flexibility index (Phi) is 6.14. The predicted molar refractivity (Wildman–Crippen MR) is 92.6 cm³/mol. The van der Waals surface area contributed by atoms with Crippen molar-refractivity contribution < 1.29 is 53.8 Å². The number of rotatable bonds is 6. The Labute approximate surface area is 186 Å². The Morgan fingerprint density at radius 2 is 2.11 bits per heavy atom. The van der Waals surface area contributed by atoms with Gasteiger partial charge in [-0.15, -0.1) is 16.9 Å². The van der Waals surface area contributed by atoms with Crippen LogP contribution >= 0.6 is 11.8 Å². The molecule has 0 radical (unpaired) electrons. The smallest absolute Gasteiger partial charge is 0.543 e. The number of hydrogen-bond acceptors (Lipinski definition) is 8. The maximum atomic E-state index is 12.1. The van der Waals surface area contributed by atoms with Crippen LogP contribution in [0.15, 0.2) is 47.1 Å². The van der Waals surface area contributed by atoms with E-state index < -0.39 is 5.97 Å². The third kappa shape index (κ3) is 3.81. The molecule has 138 valence electrons. The summed E-state index contributed by atoms with van der Waals surface area (Å²) in [6, 6.07) is 7.41. The number of aliphatic carboxylic acids is 1. The van der Waals surface area contributed by atoms with Crippen molar-refractivity contribution in [2.24, 2.45) is 0 Å². The van der Waals surface area contributed by atoms with Crippen LogP contribution in [0.3, 0.4) is 0 Å². The Balaban J connectivity index is 0.00000225. The summed E-state index contributed by atoms with van der Waals surface area (Å²) in [7, 11) is 1.60. The summed E-state index contributed by atoms with van der Waals surface area (Å²) in [6.45, 7) is 0.285. The van der Waals surface area contributed by atoms with Crippen LogP contribution in [0.25, 0.3) is 6.08 Å². The topological polar surface area (TPSA) is 110 Å². The SMILES string of the molecule is COc1ccc(COn2cc(/C=C3\C(=O)N4C(C(=O)[O-])=CS[C@H]34)nn2)cc1.[Na+]. The molecule has 0 saturated carbocycles. The van der Waals surface area contributed by atoms with Crippen molar-refractivity contribution in [3.63, 3.8) is 0 Å². The molecule has 0 unspecified atom stereocenters. The average molecular weight is 408 g/mol. The number of carbonyl (C=O) groups excluding carboxylic acids is 2. The van der Waals surface area contributed by atoms with Gasteiger partial charge in [-0.25, -0.2) is 0 Å². The molecule has 1 amide bonds. The van der Waals surface area contributed by atoms with Gasteiger partial charge in [0.2, 0.25) is 0 Å². The van der Waals surface area contributed by atoms with Gasteiger partial charge in [-0.2, -0.15) is 0 Å². The fraction of sp³-hybridized carbons (Fsp3) is 0.176. The predicted octanol–water partition coefficient (Wildman–Crippen LogP) is -3.19. The van der Waals surface area contributed by atoms with Crippen LogP contribution in [-0.2, 0) is 16.2 Å². The second-order valence-corrected chi connectivity index (χ2v) is 6.68. The molecule has 1 aromatic carbocycles. The van der Waals surface area contributed by atoms with Crippen molar-refractivity contribution in [1.82, 2.24) is 20.1 Å². The number of ether oxygens (including phenoxy) is 1. The number of methoxy groups -OCH3 is 1. The molecular weight excluding hydrogens is 395 g/mol. The Morgan fingerprint density at radius 1 is 1.36 bits per heavy atom. The Morgan fingerprint density at radius 3 is 2.79 bits per heavy atom. The number of β-lactam (4-membered cyclic amide) rings is 1. The molecule has 3 heterocycles. The number of fused-ring (bicyclic) bond motifs is 1. The minimum absolute atomic E-state index is 0. The minimum Gasteiger partial charge on any atom is -0.543 e. The molecular formula is C17H13N4NaO5S. The first-order valence-corrected chi connectivity index (χ1v) is 8.82. The van der Waals surface area contributed by atoms with Crippen LogP contribution in [-0.4, -0.2) is 44.4 Å². The summed E-state index contributed by atoms with van der Waals surface area (Å²) in [4.78, 5) is 31.0. The molecule has 11 heteroatoms. The summed E-state index contributed by atoms with van der Waals surface area (Å²) >= 11 is 1.23. The molecule has 9 nitrogen and oxygen atoms in total. The average Bonchev–Trinajstić information content (AvgIpc) is 3.29. The van der Waals surface area contributed by atoms with Crippen LogP contribution in [0.4, 0.5) is 0 Å². The number of carboxylic acid groups (broad SMARTS) is 1. The zero-order valence-electron chi connectivity index (χ0n) is 15.1. The van der Waals surface area contributed by atoms with Crippen molar-refractivity contribution in [1.29, 1.82) is 0 Å². The largest absolute Gasteiger partial charge is 1.00 e. The van der Waals surface area contributed by atoms with E-state index in [9.17, 15) is 14.7 Å². The molecule has 2 aliphatic heterocycles. The maximum absolute atomic E-state index is 12.1. The molecule has 0 N–H and O–H groups in total. The van der Waals surface area contributed by atoms with E-state index in [-0.39, 0.29) is 53.1 Å². The summed E-state index contributed by atoms with van der Waals surface area (Å²) in [5, 5.41) is 19.8. The summed E-state index contributed by atoms with van der Waals surface area (Å²) in [5.74, 6) is -0.988. The number of carboxylic acids is 1. The van der Waals surface area contributed by atoms with Gasteiger partial charge < -0.3 is 19.5 Å². The number of amides is 1. The first-order chi connectivity index (χ1) is 13.1. The van der Waals surface area contributed by atoms with Gasteiger partial charge in [0, 0.05) is 0 Å². The van der Waals surface area contributed by atoms with Crippen LogP contribution in [0.5, 0.6) is 5.75 Å². The Bertz CT molecular complexity index is 972. The van der Waals surface area contributed by atoms with Crippen molar-refractivity contribution in [3.8, 4) is 5.75 Å². The van der Waals surface area contributed by atoms with Gasteiger partial charge in [0.15, 0.2) is 0 Å². The Hall–Kier alpha value is -2.27. The van der Waals surface area contributed by atoms with Crippen LogP contribution in [0.1, 0.15) is 11.3 Å². The van der Waals surface area contributed by atoms with Crippen LogP contribution in [0, 0.1) is 0 Å². The monoisotopic (exact) mass is 408 g/mol. The second-order valence-electron chi connectivity index (χ2n) is 5.72. The first-order valence-electron chi connectivity index (χ1n) is 7.87. The van der Waals surface area contributed by atoms with E-state index in [0.29, 0.717) is 11.3 Å². The summed E-state index contributed by atoms with van der Waals surface area (Å²) in [5.41, 5.74) is 1.71. The molecule has 0 bridgehead atoms. The van der Waals surface area contributed by atoms with E-state index in [0.717, 1.165) is 11.3 Å². The van der Waals surface area contributed by atoms with E-state index in [2.05, 4.69) is 10.3 Å². The number of benzene rings is 1. The van der Waals surface area contributed by atoms with Crippen molar-refractivity contribution in [3.05, 3.63) is 58.4 Å². The standard InChI is InChI=1S/C17H14N4O5S.Na/c1-25-12-4-2-10(3-5-12)8-26-20-7-11(18-19-20)6-13-15(22)21-14(17(23)24)9-27-16(13)21;/h2-7,9,16H,8H2,1H3,(H,23,24);/q;+1/p-1/b13-6+;/t16-;/m1./s1. The fourth-order valence-corrected chi connectivity index (χ4v) is 3.78. The van der Waals surface area contributed by atoms with E-state index in [1.165, 1.54) is 26.9 Å². The van der Waals surface area contributed by atoms with Crippen molar-refractivity contribution in [2.45, 2.75) is 12.0 Å². The van der Waals surface area contributed by atoms with E-state index in [4.69, 9.17) is 9.57 Å². The van der Waals surface area contributed by atoms with Gasteiger partial charge in [0.1, 0.15) is 23.4 Å². The minimum atomic E-state index is -1.37. The third-order valence-corrected chi connectivity index (χ3v) is 5.14. The van der Waals surface area contributed by atoms with E-state index >= 15 is 0 Å². The number of hydrogen-bond donors (Lipinski definition) is 0. The van der Waals surface area contributed by atoms with Crippen molar-refractivity contribution in [2.75, 3.05) is 7.11 Å². The van der Waals surface area contributed by atoms with E-state index in [1.807, 2.05) is 24.3 Å². The molecule has 2 aromatic rings.